The van der Waals surface area contributed by atoms with E-state index in [9.17, 15) is 4.79 Å². The molecule has 3 N–H and O–H groups in total. The quantitative estimate of drug-likeness (QED) is 0.699. The van der Waals surface area contributed by atoms with Crippen LogP contribution in [0.5, 0.6) is 11.5 Å². The number of benzene rings is 1. The van der Waals surface area contributed by atoms with E-state index in [2.05, 4.69) is 10.3 Å². The van der Waals surface area contributed by atoms with E-state index in [1.165, 1.54) is 11.3 Å². The molecule has 1 fully saturated rings. The average Bonchev–Trinajstić information content (AvgIpc) is 3.31. The van der Waals surface area contributed by atoms with Crippen molar-refractivity contribution in [3.63, 3.8) is 0 Å². The average molecular weight is 387 g/mol. The van der Waals surface area contributed by atoms with Gasteiger partial charge in [-0.15, -0.1) is 11.3 Å². The largest absolute Gasteiger partial charge is 0.493 e. The van der Waals surface area contributed by atoms with E-state index >= 15 is 0 Å². The fourth-order valence-electron chi connectivity index (χ4n) is 3.29. The van der Waals surface area contributed by atoms with E-state index in [1.54, 1.807) is 14.2 Å². The standard InChI is InChI=1S/C19H21N3O4S/c1-24-14-7-10-6-12-16(20)17(18(23)21-9-11-4-3-5-26-11)27-19(12)22-13(10)8-15(14)25-2/h6-8,11H,3-5,9,20H2,1-2H3,(H,21,23)/t11-/m1/s1. The van der Waals surface area contributed by atoms with Crippen molar-refractivity contribution in [3.8, 4) is 11.5 Å². The smallest absolute Gasteiger partial charge is 0.263 e. The van der Waals surface area contributed by atoms with Crippen molar-refractivity contribution in [1.82, 2.24) is 10.3 Å². The van der Waals surface area contributed by atoms with Crippen LogP contribution in [-0.2, 0) is 4.74 Å². The van der Waals surface area contributed by atoms with Gasteiger partial charge in [0.2, 0.25) is 0 Å². The summed E-state index contributed by atoms with van der Waals surface area (Å²) in [5, 5.41) is 4.56. The van der Waals surface area contributed by atoms with Gasteiger partial charge in [-0.25, -0.2) is 4.98 Å². The number of fused-ring (bicyclic) bond motifs is 2. The molecule has 7 nitrogen and oxygen atoms in total. The third kappa shape index (κ3) is 3.26. The summed E-state index contributed by atoms with van der Waals surface area (Å²) in [4.78, 5) is 18.4. The van der Waals surface area contributed by atoms with Gasteiger partial charge in [0.15, 0.2) is 11.5 Å². The van der Waals surface area contributed by atoms with Crippen LogP contribution in [0.1, 0.15) is 22.5 Å². The Bertz CT molecular complexity index is 1010. The summed E-state index contributed by atoms with van der Waals surface area (Å²) >= 11 is 1.29. The predicted molar refractivity (Wildman–Crippen MR) is 106 cm³/mol. The second kappa shape index (κ2) is 7.21. The maximum Gasteiger partial charge on any atom is 0.263 e. The molecule has 1 aliphatic heterocycles. The summed E-state index contributed by atoms with van der Waals surface area (Å²) in [6.45, 7) is 1.26. The Labute approximate surface area is 160 Å². The van der Waals surface area contributed by atoms with Gasteiger partial charge in [0.25, 0.3) is 5.91 Å². The van der Waals surface area contributed by atoms with Crippen LogP contribution >= 0.6 is 11.3 Å². The normalized spacial score (nSPS) is 16.7. The van der Waals surface area contributed by atoms with Crippen LogP contribution < -0.4 is 20.5 Å². The molecular weight excluding hydrogens is 366 g/mol. The van der Waals surface area contributed by atoms with E-state index in [0.717, 1.165) is 40.6 Å². The van der Waals surface area contributed by atoms with E-state index in [-0.39, 0.29) is 12.0 Å². The van der Waals surface area contributed by atoms with Crippen LogP contribution in [-0.4, -0.2) is 44.4 Å². The zero-order valence-electron chi connectivity index (χ0n) is 15.2. The number of pyridine rings is 1. The highest BCUT2D eigenvalue weighted by Gasteiger charge is 2.21. The summed E-state index contributed by atoms with van der Waals surface area (Å²) in [6, 6.07) is 5.61. The molecule has 0 saturated carbocycles. The topological polar surface area (TPSA) is 95.7 Å². The van der Waals surface area contributed by atoms with Crippen LogP contribution in [0, 0.1) is 0 Å². The van der Waals surface area contributed by atoms with Gasteiger partial charge in [-0.05, 0) is 25.0 Å². The molecule has 0 bridgehead atoms. The molecule has 0 radical (unpaired) electrons. The Morgan fingerprint density at radius 1 is 1.33 bits per heavy atom. The van der Waals surface area contributed by atoms with E-state index < -0.39 is 0 Å². The number of carbonyl (C=O) groups excluding carboxylic acids is 1. The predicted octanol–water partition coefficient (Wildman–Crippen LogP) is 2.96. The Hall–Kier alpha value is -2.58. The van der Waals surface area contributed by atoms with Crippen molar-refractivity contribution < 1.29 is 19.0 Å². The van der Waals surface area contributed by atoms with Crippen molar-refractivity contribution in [1.29, 1.82) is 0 Å². The van der Waals surface area contributed by atoms with Crippen molar-refractivity contribution >= 4 is 44.1 Å². The number of nitrogen functional groups attached to an aromatic ring is 1. The molecule has 8 heteroatoms. The number of hydrogen-bond donors (Lipinski definition) is 2. The maximum absolute atomic E-state index is 12.6. The summed E-state index contributed by atoms with van der Waals surface area (Å²) < 4.78 is 16.2. The second-order valence-corrected chi connectivity index (χ2v) is 7.43. The molecule has 0 unspecified atom stereocenters. The number of hydrogen-bond acceptors (Lipinski definition) is 7. The van der Waals surface area contributed by atoms with Gasteiger partial charge in [0.1, 0.15) is 9.71 Å². The molecule has 142 valence electrons. The van der Waals surface area contributed by atoms with E-state index in [0.29, 0.717) is 28.6 Å². The molecule has 0 spiro atoms. The monoisotopic (exact) mass is 387 g/mol. The van der Waals surface area contributed by atoms with Gasteiger partial charge in [-0.3, -0.25) is 4.79 Å². The Morgan fingerprint density at radius 2 is 2.11 bits per heavy atom. The van der Waals surface area contributed by atoms with Crippen molar-refractivity contribution in [2.45, 2.75) is 18.9 Å². The summed E-state index contributed by atoms with van der Waals surface area (Å²) in [5.41, 5.74) is 7.47. The number of rotatable bonds is 5. The van der Waals surface area contributed by atoms with Gasteiger partial charge in [0.05, 0.1) is 31.5 Å². The summed E-state index contributed by atoms with van der Waals surface area (Å²) in [6.07, 6.45) is 2.10. The van der Waals surface area contributed by atoms with Crippen LogP contribution in [0.4, 0.5) is 5.69 Å². The molecule has 27 heavy (non-hydrogen) atoms. The van der Waals surface area contributed by atoms with Crippen molar-refractivity contribution in [2.75, 3.05) is 33.1 Å². The molecule has 1 amide bonds. The lowest BCUT2D eigenvalue weighted by molar-refractivity contribution is 0.0862. The number of amides is 1. The molecule has 1 atom stereocenters. The van der Waals surface area contributed by atoms with E-state index in [1.807, 2.05) is 18.2 Å². The third-order valence-corrected chi connectivity index (χ3v) is 5.85. The van der Waals surface area contributed by atoms with Gasteiger partial charge in [-0.1, -0.05) is 0 Å². The SMILES string of the molecule is COc1cc2cc3c(N)c(C(=O)NC[C@H]4CCCO4)sc3nc2cc1OC. The van der Waals surface area contributed by atoms with Gasteiger partial charge in [-0.2, -0.15) is 0 Å². The molecule has 4 rings (SSSR count). The van der Waals surface area contributed by atoms with E-state index in [4.69, 9.17) is 19.9 Å². The van der Waals surface area contributed by atoms with Crippen LogP contribution in [0.3, 0.4) is 0 Å². The molecule has 1 saturated heterocycles. The first kappa shape index (κ1) is 17.8. The first-order valence-corrected chi connectivity index (χ1v) is 9.57. The van der Waals surface area contributed by atoms with Crippen LogP contribution in [0.15, 0.2) is 18.2 Å². The minimum atomic E-state index is -0.190. The molecule has 0 aliphatic carbocycles. The zero-order chi connectivity index (χ0) is 19.0. The number of thiophene rings is 1. The highest BCUT2D eigenvalue weighted by Crippen LogP contribution is 2.37. The Kier molecular flexibility index (Phi) is 4.75. The highest BCUT2D eigenvalue weighted by molar-refractivity contribution is 7.21. The lowest BCUT2D eigenvalue weighted by Crippen LogP contribution is -2.31. The van der Waals surface area contributed by atoms with Gasteiger partial charge in [0, 0.05) is 30.0 Å². The van der Waals surface area contributed by atoms with Crippen LogP contribution in [0.25, 0.3) is 21.1 Å². The number of nitrogens with one attached hydrogen (secondary N) is 1. The maximum atomic E-state index is 12.6. The van der Waals surface area contributed by atoms with Crippen molar-refractivity contribution in [3.05, 3.63) is 23.1 Å². The second-order valence-electron chi connectivity index (χ2n) is 6.43. The molecule has 2 aromatic heterocycles. The fraction of sp³-hybridized carbons (Fsp3) is 0.368. The lowest BCUT2D eigenvalue weighted by atomic mass is 10.1. The first-order valence-electron chi connectivity index (χ1n) is 8.75. The number of ether oxygens (including phenoxy) is 3. The zero-order valence-corrected chi connectivity index (χ0v) is 16.0. The summed E-state index contributed by atoms with van der Waals surface area (Å²) in [5.74, 6) is 1.04. The third-order valence-electron chi connectivity index (χ3n) is 4.74. The number of nitrogens with zero attached hydrogens (tertiary/aromatic N) is 1. The number of carbonyl (C=O) groups is 1. The fourth-order valence-corrected chi connectivity index (χ4v) is 4.29. The molecule has 1 aliphatic rings. The number of anilines is 1. The molecule has 3 heterocycles. The number of aromatic nitrogens is 1. The minimum absolute atomic E-state index is 0.0881. The minimum Gasteiger partial charge on any atom is -0.493 e. The molecule has 3 aromatic rings. The highest BCUT2D eigenvalue weighted by atomic mass is 32.1. The van der Waals surface area contributed by atoms with Crippen molar-refractivity contribution in [2.24, 2.45) is 0 Å². The van der Waals surface area contributed by atoms with Crippen LogP contribution in [0.2, 0.25) is 0 Å². The van der Waals surface area contributed by atoms with Gasteiger partial charge >= 0.3 is 0 Å². The number of nitrogens with two attached hydrogens (primary N) is 1. The Balaban J connectivity index is 1.69. The first-order chi connectivity index (χ1) is 13.1. The Morgan fingerprint density at radius 3 is 2.81 bits per heavy atom. The van der Waals surface area contributed by atoms with Gasteiger partial charge < -0.3 is 25.3 Å². The molecular formula is C19H21N3O4S. The lowest BCUT2D eigenvalue weighted by Gasteiger charge is -2.10. The number of methoxy groups -OCH3 is 2. The summed E-state index contributed by atoms with van der Waals surface area (Å²) in [7, 11) is 3.17. The molecule has 1 aromatic carbocycles.